The van der Waals surface area contributed by atoms with Crippen molar-refractivity contribution in [3.8, 4) is 0 Å². The average Bonchev–Trinajstić information content (AvgIpc) is 2.01. The second-order valence-electron chi connectivity index (χ2n) is 3.99. The maximum absolute atomic E-state index is 11.5. The molecule has 1 atom stereocenters. The summed E-state index contributed by atoms with van der Waals surface area (Å²) in [5.74, 6) is 0.321. The van der Waals surface area contributed by atoms with Crippen LogP contribution in [-0.2, 0) is 10.2 Å². The first kappa shape index (κ1) is 14.8. The van der Waals surface area contributed by atoms with Gasteiger partial charge in [0.05, 0.1) is 11.0 Å². The van der Waals surface area contributed by atoms with Gasteiger partial charge in [-0.3, -0.25) is 0 Å². The van der Waals surface area contributed by atoms with E-state index >= 15 is 0 Å². The van der Waals surface area contributed by atoms with Crippen LogP contribution in [0.15, 0.2) is 0 Å². The lowest BCUT2D eigenvalue weighted by molar-refractivity contribution is 0.480. The standard InChI is InChI=1S/C8H19N3O2S2/c1-6(2)5-7(8(9)14)10-15(12,13)11(3)4/h6-7,10H,5H2,1-4H3,(H2,9,14). The van der Waals surface area contributed by atoms with Crippen LogP contribution in [0.2, 0.25) is 0 Å². The van der Waals surface area contributed by atoms with Crippen molar-refractivity contribution in [2.24, 2.45) is 11.7 Å². The molecular weight excluding hydrogens is 234 g/mol. The van der Waals surface area contributed by atoms with Crippen molar-refractivity contribution < 1.29 is 8.42 Å². The molecule has 15 heavy (non-hydrogen) atoms. The number of rotatable bonds is 6. The molecule has 0 amide bonds. The van der Waals surface area contributed by atoms with Gasteiger partial charge in [-0.2, -0.15) is 17.4 Å². The summed E-state index contributed by atoms with van der Waals surface area (Å²) < 4.78 is 26.6. The second kappa shape index (κ2) is 5.74. The van der Waals surface area contributed by atoms with Gasteiger partial charge >= 0.3 is 0 Å². The summed E-state index contributed by atoms with van der Waals surface area (Å²) in [6, 6.07) is -0.479. The molecule has 0 aromatic rings. The summed E-state index contributed by atoms with van der Waals surface area (Å²) in [6.45, 7) is 3.96. The number of nitrogens with two attached hydrogens (primary N) is 1. The van der Waals surface area contributed by atoms with E-state index in [1.165, 1.54) is 14.1 Å². The zero-order valence-corrected chi connectivity index (χ0v) is 11.2. The molecule has 90 valence electrons. The highest BCUT2D eigenvalue weighted by Gasteiger charge is 2.22. The van der Waals surface area contributed by atoms with Gasteiger partial charge in [0.25, 0.3) is 10.2 Å². The van der Waals surface area contributed by atoms with E-state index in [0.29, 0.717) is 12.3 Å². The summed E-state index contributed by atoms with van der Waals surface area (Å²) in [6.07, 6.45) is 0.600. The summed E-state index contributed by atoms with van der Waals surface area (Å²) >= 11 is 4.82. The molecule has 0 bridgehead atoms. The van der Waals surface area contributed by atoms with E-state index in [1.807, 2.05) is 13.8 Å². The molecule has 5 nitrogen and oxygen atoms in total. The number of nitrogens with one attached hydrogen (secondary N) is 1. The third-order valence-electron chi connectivity index (χ3n) is 1.82. The molecule has 0 aliphatic carbocycles. The van der Waals surface area contributed by atoms with Gasteiger partial charge in [-0.15, -0.1) is 0 Å². The monoisotopic (exact) mass is 253 g/mol. The SMILES string of the molecule is CC(C)CC(NS(=O)(=O)N(C)C)C(N)=S. The molecule has 0 heterocycles. The van der Waals surface area contributed by atoms with Crippen LogP contribution in [0.4, 0.5) is 0 Å². The fourth-order valence-corrected chi connectivity index (χ4v) is 2.00. The van der Waals surface area contributed by atoms with Crippen molar-refractivity contribution in [1.82, 2.24) is 9.03 Å². The third kappa shape index (κ3) is 5.41. The molecule has 0 saturated heterocycles. The van der Waals surface area contributed by atoms with Gasteiger partial charge in [0, 0.05) is 14.1 Å². The molecule has 3 N–H and O–H groups in total. The molecule has 0 rings (SSSR count). The van der Waals surface area contributed by atoms with E-state index in [1.54, 1.807) is 0 Å². The normalized spacial score (nSPS) is 14.5. The minimum atomic E-state index is -3.47. The Hall–Kier alpha value is -0.240. The first-order valence-corrected chi connectivity index (χ1v) is 6.50. The van der Waals surface area contributed by atoms with Crippen LogP contribution >= 0.6 is 12.2 Å². The van der Waals surface area contributed by atoms with E-state index in [9.17, 15) is 8.42 Å². The highest BCUT2D eigenvalue weighted by molar-refractivity contribution is 7.87. The first-order valence-electron chi connectivity index (χ1n) is 4.66. The van der Waals surface area contributed by atoms with E-state index in [0.717, 1.165) is 4.31 Å². The summed E-state index contributed by atoms with van der Waals surface area (Å²) in [7, 11) is -0.567. The quantitative estimate of drug-likeness (QED) is 0.658. The molecular formula is C8H19N3O2S2. The van der Waals surface area contributed by atoms with Crippen LogP contribution in [-0.4, -0.2) is 37.8 Å². The maximum atomic E-state index is 11.5. The number of nitrogens with zero attached hydrogens (tertiary/aromatic N) is 1. The van der Waals surface area contributed by atoms with Crippen molar-refractivity contribution in [2.45, 2.75) is 26.3 Å². The van der Waals surface area contributed by atoms with Crippen LogP contribution in [0.3, 0.4) is 0 Å². The van der Waals surface area contributed by atoms with Gasteiger partial charge in [-0.25, -0.2) is 0 Å². The second-order valence-corrected chi connectivity index (χ2v) is 6.38. The molecule has 0 aliphatic heterocycles. The van der Waals surface area contributed by atoms with Crippen molar-refractivity contribution in [2.75, 3.05) is 14.1 Å². The summed E-state index contributed by atoms with van der Waals surface area (Å²) in [5.41, 5.74) is 5.48. The van der Waals surface area contributed by atoms with Crippen molar-refractivity contribution in [3.63, 3.8) is 0 Å². The highest BCUT2D eigenvalue weighted by atomic mass is 32.2. The molecule has 0 fully saturated rings. The predicted molar refractivity (Wildman–Crippen MR) is 65.8 cm³/mol. The zero-order chi connectivity index (χ0) is 12.2. The van der Waals surface area contributed by atoms with Crippen LogP contribution in [0.1, 0.15) is 20.3 Å². The molecule has 0 saturated carbocycles. The lowest BCUT2D eigenvalue weighted by atomic mass is 10.1. The molecule has 0 radical (unpaired) electrons. The molecule has 0 aromatic carbocycles. The van der Waals surface area contributed by atoms with Gasteiger partial charge in [-0.1, -0.05) is 26.1 Å². The van der Waals surface area contributed by atoms with Crippen molar-refractivity contribution in [1.29, 1.82) is 0 Å². The van der Waals surface area contributed by atoms with Gasteiger partial charge < -0.3 is 5.73 Å². The van der Waals surface area contributed by atoms with Crippen molar-refractivity contribution >= 4 is 27.4 Å². The fraction of sp³-hybridized carbons (Fsp3) is 0.875. The molecule has 0 spiro atoms. The van der Waals surface area contributed by atoms with Crippen molar-refractivity contribution in [3.05, 3.63) is 0 Å². The number of thiocarbonyl (C=S) groups is 1. The zero-order valence-electron chi connectivity index (χ0n) is 9.52. The van der Waals surface area contributed by atoms with Gasteiger partial charge in [0.2, 0.25) is 0 Å². The largest absolute Gasteiger partial charge is 0.392 e. The van der Waals surface area contributed by atoms with Crippen LogP contribution in [0.5, 0.6) is 0 Å². The Balaban J connectivity index is 4.63. The lowest BCUT2D eigenvalue weighted by Crippen LogP contribution is -2.48. The average molecular weight is 253 g/mol. The topological polar surface area (TPSA) is 75.4 Å². The van der Waals surface area contributed by atoms with Crippen LogP contribution in [0, 0.1) is 5.92 Å². The van der Waals surface area contributed by atoms with E-state index in [2.05, 4.69) is 4.72 Å². The highest BCUT2D eigenvalue weighted by Crippen LogP contribution is 2.06. The number of hydrogen-bond acceptors (Lipinski definition) is 3. The van der Waals surface area contributed by atoms with Gasteiger partial charge in [0.15, 0.2) is 0 Å². The predicted octanol–water partition coefficient (Wildman–Crippen LogP) is 0.0832. The molecule has 0 aromatic heterocycles. The van der Waals surface area contributed by atoms with E-state index < -0.39 is 16.3 Å². The minimum Gasteiger partial charge on any atom is -0.392 e. The Labute approximate surface area is 97.2 Å². The van der Waals surface area contributed by atoms with E-state index in [4.69, 9.17) is 18.0 Å². The lowest BCUT2D eigenvalue weighted by Gasteiger charge is -2.21. The first-order chi connectivity index (χ1) is 6.66. The van der Waals surface area contributed by atoms with Gasteiger partial charge in [0.1, 0.15) is 0 Å². The molecule has 0 aliphatic rings. The van der Waals surface area contributed by atoms with Crippen LogP contribution < -0.4 is 10.5 Å². The fourth-order valence-electron chi connectivity index (χ4n) is 0.979. The Morgan fingerprint density at radius 3 is 2.20 bits per heavy atom. The summed E-state index contributed by atoms with van der Waals surface area (Å²) in [5, 5.41) is 0. The molecule has 7 heteroatoms. The smallest absolute Gasteiger partial charge is 0.279 e. The summed E-state index contributed by atoms with van der Waals surface area (Å²) in [4.78, 5) is 0.175. The number of hydrogen-bond donors (Lipinski definition) is 2. The molecule has 1 unspecified atom stereocenters. The Bertz CT molecular complexity index is 312. The van der Waals surface area contributed by atoms with E-state index in [-0.39, 0.29) is 4.99 Å². The Morgan fingerprint density at radius 1 is 1.47 bits per heavy atom. The Kier molecular flexibility index (Phi) is 5.65. The maximum Gasteiger partial charge on any atom is 0.279 e. The Morgan fingerprint density at radius 2 is 1.93 bits per heavy atom. The van der Waals surface area contributed by atoms with Gasteiger partial charge in [-0.05, 0) is 12.3 Å². The van der Waals surface area contributed by atoms with Crippen LogP contribution in [0.25, 0.3) is 0 Å². The third-order valence-corrected chi connectivity index (χ3v) is 3.65. The minimum absolute atomic E-state index is 0.175.